The zero-order valence-electron chi connectivity index (χ0n) is 6.10. The van der Waals surface area contributed by atoms with Gasteiger partial charge in [-0.2, -0.15) is 0 Å². The van der Waals surface area contributed by atoms with Crippen LogP contribution in [-0.4, -0.2) is 31.9 Å². The minimum Gasteiger partial charge on any atom is -0.394 e. The predicted molar refractivity (Wildman–Crippen MR) is 39.6 cm³/mol. The molecule has 0 saturated heterocycles. The lowest BCUT2D eigenvalue weighted by Crippen LogP contribution is -2.18. The van der Waals surface area contributed by atoms with E-state index in [0.29, 0.717) is 5.84 Å². The molecule has 0 radical (unpaired) electrons. The highest BCUT2D eigenvalue weighted by atomic mass is 15.1. The van der Waals surface area contributed by atoms with Crippen LogP contribution in [0.2, 0.25) is 0 Å². The van der Waals surface area contributed by atoms with Gasteiger partial charge in [0.15, 0.2) is 0 Å². The number of amidine groups is 1. The lowest BCUT2D eigenvalue weighted by molar-refractivity contribution is 0.621. The van der Waals surface area contributed by atoms with E-state index in [4.69, 9.17) is 5.41 Å². The van der Waals surface area contributed by atoms with E-state index >= 15 is 0 Å². The van der Waals surface area contributed by atoms with E-state index < -0.39 is 0 Å². The average molecular weight is 127 g/mol. The molecule has 3 heteroatoms. The maximum atomic E-state index is 7.25. The molecule has 0 aromatic heterocycles. The van der Waals surface area contributed by atoms with Gasteiger partial charge in [0.1, 0.15) is 5.84 Å². The van der Waals surface area contributed by atoms with Gasteiger partial charge >= 0.3 is 0 Å². The largest absolute Gasteiger partial charge is 0.394 e. The van der Waals surface area contributed by atoms with Gasteiger partial charge in [-0.15, -0.1) is 0 Å². The normalized spacial score (nSPS) is 9.67. The van der Waals surface area contributed by atoms with E-state index in [0.717, 1.165) is 0 Å². The fraction of sp³-hybridized carbons (Fsp3) is 0.500. The molecule has 0 amide bonds. The van der Waals surface area contributed by atoms with E-state index in [1.54, 1.807) is 24.2 Å². The van der Waals surface area contributed by atoms with Crippen molar-refractivity contribution in [2.24, 2.45) is 0 Å². The first-order chi connectivity index (χ1) is 4.18. The lowest BCUT2D eigenvalue weighted by Gasteiger charge is -2.08. The van der Waals surface area contributed by atoms with Crippen LogP contribution < -0.4 is 5.32 Å². The van der Waals surface area contributed by atoms with Gasteiger partial charge < -0.3 is 10.2 Å². The minimum atomic E-state index is 0.490. The third-order valence-corrected chi connectivity index (χ3v) is 0.890. The van der Waals surface area contributed by atoms with Gasteiger partial charge in [-0.25, -0.2) is 0 Å². The molecule has 0 atom stereocenters. The predicted octanol–water partition coefficient (Wildman–Crippen LogP) is 0.258. The molecule has 3 nitrogen and oxygen atoms in total. The van der Waals surface area contributed by atoms with Crippen LogP contribution in [-0.2, 0) is 0 Å². The van der Waals surface area contributed by atoms with Crippen LogP contribution in [0.3, 0.4) is 0 Å². The Balaban J connectivity index is 3.63. The van der Waals surface area contributed by atoms with Crippen molar-refractivity contribution in [3.8, 4) is 0 Å². The average Bonchev–Trinajstić information content (AvgIpc) is 1.82. The highest BCUT2D eigenvalue weighted by molar-refractivity contribution is 5.89. The van der Waals surface area contributed by atoms with Crippen molar-refractivity contribution < 1.29 is 0 Å². The SMILES string of the molecule is CN/C=C\C(=N)N(C)C. The maximum absolute atomic E-state index is 7.25. The summed E-state index contributed by atoms with van der Waals surface area (Å²) in [4.78, 5) is 1.73. The summed E-state index contributed by atoms with van der Waals surface area (Å²) in [5, 5.41) is 10.1. The fourth-order valence-corrected chi connectivity index (χ4v) is 0.311. The molecule has 0 unspecified atom stereocenters. The molecular weight excluding hydrogens is 114 g/mol. The molecule has 0 heterocycles. The maximum Gasteiger partial charge on any atom is 0.121 e. The summed E-state index contributed by atoms with van der Waals surface area (Å²) < 4.78 is 0. The topological polar surface area (TPSA) is 39.1 Å². The molecule has 0 fully saturated rings. The van der Waals surface area contributed by atoms with E-state index in [1.165, 1.54) is 0 Å². The van der Waals surface area contributed by atoms with E-state index in [9.17, 15) is 0 Å². The first-order valence-corrected chi connectivity index (χ1v) is 2.78. The second kappa shape index (κ2) is 3.95. The van der Waals surface area contributed by atoms with Crippen LogP contribution in [0.5, 0.6) is 0 Å². The number of nitrogens with zero attached hydrogens (tertiary/aromatic N) is 1. The number of nitrogens with one attached hydrogen (secondary N) is 2. The Kier molecular flexibility index (Phi) is 3.51. The Morgan fingerprint density at radius 2 is 2.11 bits per heavy atom. The summed E-state index contributed by atoms with van der Waals surface area (Å²) in [6.45, 7) is 0. The summed E-state index contributed by atoms with van der Waals surface area (Å²) in [6.07, 6.45) is 3.42. The number of hydrogen-bond donors (Lipinski definition) is 2. The first kappa shape index (κ1) is 8.01. The van der Waals surface area contributed by atoms with Crippen molar-refractivity contribution in [1.29, 1.82) is 5.41 Å². The summed E-state index contributed by atoms with van der Waals surface area (Å²) in [5.74, 6) is 0.490. The van der Waals surface area contributed by atoms with Gasteiger partial charge in [0.25, 0.3) is 0 Å². The van der Waals surface area contributed by atoms with Crippen LogP contribution in [0, 0.1) is 5.41 Å². The summed E-state index contributed by atoms with van der Waals surface area (Å²) in [5.41, 5.74) is 0. The van der Waals surface area contributed by atoms with Gasteiger partial charge in [-0.1, -0.05) is 0 Å². The van der Waals surface area contributed by atoms with Crippen molar-refractivity contribution in [3.63, 3.8) is 0 Å². The van der Waals surface area contributed by atoms with Crippen molar-refractivity contribution >= 4 is 5.84 Å². The van der Waals surface area contributed by atoms with Crippen molar-refractivity contribution in [2.75, 3.05) is 21.1 Å². The Morgan fingerprint density at radius 3 is 2.44 bits per heavy atom. The molecule has 0 bridgehead atoms. The summed E-state index contributed by atoms with van der Waals surface area (Å²) in [6, 6.07) is 0. The van der Waals surface area contributed by atoms with Crippen molar-refractivity contribution in [3.05, 3.63) is 12.3 Å². The lowest BCUT2D eigenvalue weighted by atomic mass is 10.5. The number of rotatable bonds is 2. The summed E-state index contributed by atoms with van der Waals surface area (Å²) >= 11 is 0. The van der Waals surface area contributed by atoms with Crippen LogP contribution in [0.1, 0.15) is 0 Å². The van der Waals surface area contributed by atoms with Crippen LogP contribution in [0.25, 0.3) is 0 Å². The molecule has 0 aromatic rings. The van der Waals surface area contributed by atoms with Gasteiger partial charge in [-0.3, -0.25) is 5.41 Å². The summed E-state index contributed by atoms with van der Waals surface area (Å²) in [7, 11) is 5.48. The third kappa shape index (κ3) is 3.58. The van der Waals surface area contributed by atoms with Crippen LogP contribution >= 0.6 is 0 Å². The molecule has 0 aliphatic carbocycles. The van der Waals surface area contributed by atoms with E-state index in [2.05, 4.69) is 5.32 Å². The van der Waals surface area contributed by atoms with Gasteiger partial charge in [0.05, 0.1) is 0 Å². The highest BCUT2D eigenvalue weighted by Crippen LogP contribution is 1.78. The molecule has 0 rings (SSSR count). The smallest absolute Gasteiger partial charge is 0.121 e. The van der Waals surface area contributed by atoms with Crippen LogP contribution in [0.4, 0.5) is 0 Å². The van der Waals surface area contributed by atoms with Gasteiger partial charge in [-0.05, 0) is 12.3 Å². The van der Waals surface area contributed by atoms with E-state index in [-0.39, 0.29) is 0 Å². The molecule has 0 saturated carbocycles. The Morgan fingerprint density at radius 1 is 1.56 bits per heavy atom. The molecule has 2 N–H and O–H groups in total. The fourth-order valence-electron chi connectivity index (χ4n) is 0.311. The standard InChI is InChI=1S/C6H13N3/c1-8-5-4-6(7)9(2)3/h4-5,7-8H,1-3H3/b5-4-,7-6?. The molecule has 52 valence electrons. The minimum absolute atomic E-state index is 0.490. The molecule has 0 aliphatic rings. The molecule has 0 aromatic carbocycles. The Labute approximate surface area is 55.9 Å². The Bertz CT molecular complexity index is 115. The van der Waals surface area contributed by atoms with Crippen molar-refractivity contribution in [2.45, 2.75) is 0 Å². The van der Waals surface area contributed by atoms with Gasteiger partial charge in [0, 0.05) is 21.1 Å². The quantitative estimate of drug-likeness (QED) is 0.412. The second-order valence-corrected chi connectivity index (χ2v) is 1.90. The number of likely N-dealkylation sites (N-methyl/N-ethyl adjacent to an activating group) is 1. The van der Waals surface area contributed by atoms with E-state index in [1.807, 2.05) is 14.1 Å². The second-order valence-electron chi connectivity index (χ2n) is 1.90. The third-order valence-electron chi connectivity index (χ3n) is 0.890. The monoisotopic (exact) mass is 127 g/mol. The van der Waals surface area contributed by atoms with Gasteiger partial charge in [0.2, 0.25) is 0 Å². The number of hydrogen-bond acceptors (Lipinski definition) is 2. The van der Waals surface area contributed by atoms with Crippen molar-refractivity contribution in [1.82, 2.24) is 10.2 Å². The first-order valence-electron chi connectivity index (χ1n) is 2.78. The zero-order valence-corrected chi connectivity index (χ0v) is 6.10. The van der Waals surface area contributed by atoms with Crippen LogP contribution in [0.15, 0.2) is 12.3 Å². The molecule has 0 aliphatic heterocycles. The highest BCUT2D eigenvalue weighted by Gasteiger charge is 1.88. The zero-order chi connectivity index (χ0) is 7.28. The Hall–Kier alpha value is -0.990. The molecular formula is C6H13N3. The molecule has 0 spiro atoms. The molecule has 9 heavy (non-hydrogen) atoms.